The molecule has 0 spiro atoms. The van der Waals surface area contributed by atoms with Crippen LogP contribution in [0.15, 0.2) is 0 Å². The van der Waals surface area contributed by atoms with Crippen molar-refractivity contribution in [2.75, 3.05) is 0 Å². The van der Waals surface area contributed by atoms with Gasteiger partial charge in [-0.25, -0.2) is 0 Å². The number of hydrogen-bond donors (Lipinski definition) is 8. The van der Waals surface area contributed by atoms with Crippen molar-refractivity contribution >= 4 is 47.9 Å². The monoisotopic (exact) mass is 518 g/mol. The summed E-state index contributed by atoms with van der Waals surface area (Å²) in [6.07, 6.45) is -3.25. The topological polar surface area (TPSA) is 280 Å². The van der Waals surface area contributed by atoms with E-state index in [2.05, 4.69) is 16.0 Å². The van der Waals surface area contributed by atoms with E-state index in [0.29, 0.717) is 0 Å². The molecule has 0 bridgehead atoms. The number of carbonyl (C=O) groups excluding carboxylic acids is 4. The second-order valence-electron chi connectivity index (χ2n) is 7.71. The van der Waals surface area contributed by atoms with Gasteiger partial charge < -0.3 is 46.9 Å². The Morgan fingerprint density at radius 1 is 0.583 bits per heavy atom. The molecule has 0 radical (unpaired) electrons. The maximum Gasteiger partial charge on any atom is 0.303 e. The van der Waals surface area contributed by atoms with E-state index in [1.54, 1.807) is 0 Å². The van der Waals surface area contributed by atoms with E-state index in [1.807, 2.05) is 0 Å². The lowest BCUT2D eigenvalue weighted by atomic mass is 10.1. The van der Waals surface area contributed by atoms with Gasteiger partial charge in [0.05, 0.1) is 12.1 Å². The lowest BCUT2D eigenvalue weighted by Crippen LogP contribution is -2.56. The fourth-order valence-electron chi connectivity index (χ4n) is 2.77. The number of rotatable bonds is 19. The molecule has 0 heterocycles. The van der Waals surface area contributed by atoms with Crippen molar-refractivity contribution in [2.45, 2.75) is 75.5 Å². The number of hydrogen-bond acceptors (Lipinski definition) is 9. The van der Waals surface area contributed by atoms with E-state index < -0.39 is 104 Å². The molecule has 0 aromatic carbocycles. The van der Waals surface area contributed by atoms with Crippen LogP contribution >= 0.6 is 0 Å². The number of amides is 3. The molecule has 0 aromatic heterocycles. The van der Waals surface area contributed by atoms with Gasteiger partial charge in [0.1, 0.15) is 18.4 Å². The van der Waals surface area contributed by atoms with Crippen molar-refractivity contribution in [3.63, 3.8) is 0 Å². The van der Waals surface area contributed by atoms with Gasteiger partial charge in [-0.1, -0.05) is 0 Å². The Labute approximate surface area is 204 Å². The third-order valence-corrected chi connectivity index (χ3v) is 4.73. The Morgan fingerprint density at radius 3 is 1.36 bits per heavy atom. The number of nitrogens with two attached hydrogens (primary N) is 1. The number of aliphatic carboxylic acids is 4. The lowest BCUT2D eigenvalue weighted by Gasteiger charge is -2.24. The standard InChI is InChI=1S/C20H30N4O12/c21-11(2-6-15(28)29)18(34)23-13(4-8-17(32)33)20(36)24-12(3-7-16(30)31)19(35)22-10(9-25)1-5-14(26)27/h9-13H,1-8,21H2,(H,22,35)(H,23,34)(H,24,36)(H,26,27)(H,28,29)(H,30,31)(H,32,33). The molecule has 0 saturated carbocycles. The highest BCUT2D eigenvalue weighted by molar-refractivity contribution is 5.94. The highest BCUT2D eigenvalue weighted by atomic mass is 16.4. The van der Waals surface area contributed by atoms with Crippen LogP contribution in [-0.2, 0) is 38.4 Å². The van der Waals surface area contributed by atoms with Crippen LogP contribution in [0.3, 0.4) is 0 Å². The summed E-state index contributed by atoms with van der Waals surface area (Å²) in [6, 6.07) is -5.65. The Hall–Kier alpha value is -4.08. The fourth-order valence-corrected chi connectivity index (χ4v) is 2.77. The van der Waals surface area contributed by atoms with Crippen molar-refractivity contribution in [1.29, 1.82) is 0 Å². The first-order chi connectivity index (χ1) is 16.8. The third-order valence-electron chi connectivity index (χ3n) is 4.73. The zero-order valence-electron chi connectivity index (χ0n) is 19.2. The van der Waals surface area contributed by atoms with Gasteiger partial charge in [-0.05, 0) is 25.7 Å². The van der Waals surface area contributed by atoms with Gasteiger partial charge in [-0.2, -0.15) is 0 Å². The van der Waals surface area contributed by atoms with Crippen LogP contribution in [-0.4, -0.2) is 92.5 Å². The van der Waals surface area contributed by atoms with Crippen molar-refractivity contribution in [3.8, 4) is 0 Å². The zero-order valence-corrected chi connectivity index (χ0v) is 19.2. The number of carboxylic acid groups (broad SMARTS) is 4. The Balaban J connectivity index is 5.53. The van der Waals surface area contributed by atoms with Gasteiger partial charge in [-0.15, -0.1) is 0 Å². The minimum Gasteiger partial charge on any atom is -0.481 e. The molecule has 0 aromatic rings. The van der Waals surface area contributed by atoms with Gasteiger partial charge in [0.25, 0.3) is 0 Å². The minimum atomic E-state index is -1.54. The van der Waals surface area contributed by atoms with Gasteiger partial charge in [0.2, 0.25) is 17.7 Å². The van der Waals surface area contributed by atoms with Crippen molar-refractivity contribution in [2.24, 2.45) is 5.73 Å². The molecule has 0 aliphatic rings. The smallest absolute Gasteiger partial charge is 0.303 e. The zero-order chi connectivity index (χ0) is 27.8. The van der Waals surface area contributed by atoms with Crippen molar-refractivity contribution in [1.82, 2.24) is 16.0 Å². The molecular formula is C20H30N4O12. The summed E-state index contributed by atoms with van der Waals surface area (Å²) >= 11 is 0. The van der Waals surface area contributed by atoms with Crippen LogP contribution in [0, 0.1) is 0 Å². The summed E-state index contributed by atoms with van der Waals surface area (Å²) in [5.74, 6) is -8.11. The molecule has 16 nitrogen and oxygen atoms in total. The average molecular weight is 518 g/mol. The van der Waals surface area contributed by atoms with Gasteiger partial charge in [0.15, 0.2) is 0 Å². The number of carboxylic acids is 4. The largest absolute Gasteiger partial charge is 0.481 e. The molecule has 0 saturated heterocycles. The average Bonchev–Trinajstić information content (AvgIpc) is 2.79. The number of carbonyl (C=O) groups is 8. The van der Waals surface area contributed by atoms with Crippen LogP contribution in [0.1, 0.15) is 51.4 Å². The first-order valence-electron chi connectivity index (χ1n) is 10.8. The van der Waals surface area contributed by atoms with Gasteiger partial charge >= 0.3 is 23.9 Å². The molecule has 202 valence electrons. The second kappa shape index (κ2) is 16.5. The van der Waals surface area contributed by atoms with Crippen LogP contribution < -0.4 is 21.7 Å². The Morgan fingerprint density at radius 2 is 0.944 bits per heavy atom. The minimum absolute atomic E-state index is 0.268. The predicted molar refractivity (Wildman–Crippen MR) is 117 cm³/mol. The normalized spacial score (nSPS) is 13.8. The molecule has 0 fully saturated rings. The molecule has 9 N–H and O–H groups in total. The van der Waals surface area contributed by atoms with Crippen LogP contribution in [0.5, 0.6) is 0 Å². The van der Waals surface area contributed by atoms with Crippen molar-refractivity contribution < 1.29 is 58.8 Å². The molecule has 0 aliphatic heterocycles. The van der Waals surface area contributed by atoms with E-state index in [4.69, 9.17) is 26.2 Å². The van der Waals surface area contributed by atoms with E-state index in [1.165, 1.54) is 0 Å². The second-order valence-corrected chi connectivity index (χ2v) is 7.71. The summed E-state index contributed by atoms with van der Waals surface area (Å²) in [6.45, 7) is 0. The maximum absolute atomic E-state index is 12.8. The Bertz CT molecular complexity index is 847. The summed E-state index contributed by atoms with van der Waals surface area (Å²) in [5, 5.41) is 41.8. The van der Waals surface area contributed by atoms with Gasteiger partial charge in [-0.3, -0.25) is 33.6 Å². The molecular weight excluding hydrogens is 488 g/mol. The molecule has 0 aliphatic carbocycles. The molecule has 0 rings (SSSR count). The summed E-state index contributed by atoms with van der Waals surface area (Å²) < 4.78 is 0. The third kappa shape index (κ3) is 14.2. The molecule has 36 heavy (non-hydrogen) atoms. The summed E-state index contributed by atoms with van der Waals surface area (Å²) in [4.78, 5) is 92.1. The number of aldehydes is 1. The van der Waals surface area contributed by atoms with Crippen LogP contribution in [0.2, 0.25) is 0 Å². The quantitative estimate of drug-likeness (QED) is 0.0817. The van der Waals surface area contributed by atoms with Crippen LogP contribution in [0.25, 0.3) is 0 Å². The fraction of sp³-hybridized carbons (Fsp3) is 0.600. The van der Waals surface area contributed by atoms with E-state index >= 15 is 0 Å². The first kappa shape index (κ1) is 31.9. The predicted octanol–water partition coefficient (Wildman–Crippen LogP) is -2.57. The Kier molecular flexibility index (Phi) is 14.7. The SMILES string of the molecule is NC(CCC(=O)O)C(=O)NC(CCC(=O)O)C(=O)NC(CCC(=O)O)C(=O)NC(C=O)CCC(=O)O. The first-order valence-corrected chi connectivity index (χ1v) is 10.8. The van der Waals surface area contributed by atoms with Crippen molar-refractivity contribution in [3.05, 3.63) is 0 Å². The summed E-state index contributed by atoms with van der Waals surface area (Å²) in [7, 11) is 0. The lowest BCUT2D eigenvalue weighted by molar-refractivity contribution is -0.140. The molecule has 4 atom stereocenters. The summed E-state index contributed by atoms with van der Waals surface area (Å²) in [5.41, 5.74) is 5.59. The molecule has 16 heteroatoms. The molecule has 4 unspecified atom stereocenters. The van der Waals surface area contributed by atoms with Gasteiger partial charge in [0, 0.05) is 25.7 Å². The molecule has 3 amide bonds. The highest BCUT2D eigenvalue weighted by Crippen LogP contribution is 2.06. The number of nitrogens with one attached hydrogen (secondary N) is 3. The van der Waals surface area contributed by atoms with E-state index in [9.17, 15) is 38.4 Å². The van der Waals surface area contributed by atoms with E-state index in [-0.39, 0.29) is 19.1 Å². The van der Waals surface area contributed by atoms with E-state index in [0.717, 1.165) is 0 Å². The maximum atomic E-state index is 12.8. The highest BCUT2D eigenvalue weighted by Gasteiger charge is 2.30. The van der Waals surface area contributed by atoms with Crippen LogP contribution in [0.4, 0.5) is 0 Å².